The van der Waals surface area contributed by atoms with E-state index in [9.17, 15) is 4.79 Å². The van der Waals surface area contributed by atoms with E-state index in [1.807, 2.05) is 17.9 Å². The first kappa shape index (κ1) is 13.1. The maximum atomic E-state index is 12.5. The molecule has 5 nitrogen and oxygen atoms in total. The highest BCUT2D eigenvalue weighted by molar-refractivity contribution is 5.94. The van der Waals surface area contributed by atoms with E-state index >= 15 is 0 Å². The van der Waals surface area contributed by atoms with E-state index in [0.717, 1.165) is 12.0 Å². The molecule has 1 fully saturated rings. The molecule has 1 N–H and O–H groups in total. The first-order valence-corrected chi connectivity index (χ1v) is 6.14. The number of hydrogen-bond donors (Lipinski definition) is 1. The number of aromatic amines is 1. The smallest absolute Gasteiger partial charge is 0.270 e. The summed E-state index contributed by atoms with van der Waals surface area (Å²) in [6, 6.07) is 2.00. The van der Waals surface area contributed by atoms with E-state index in [-0.39, 0.29) is 18.1 Å². The Kier molecular flexibility index (Phi) is 4.04. The minimum Gasteiger partial charge on any atom is -0.383 e. The zero-order valence-corrected chi connectivity index (χ0v) is 11.1. The quantitative estimate of drug-likeness (QED) is 0.876. The number of amides is 1. The number of nitrogens with zero attached hydrogens (tertiary/aromatic N) is 1. The Bertz CT molecular complexity index is 416. The number of H-pyrrole nitrogens is 1. The Morgan fingerprint density at radius 2 is 2.33 bits per heavy atom. The molecule has 1 amide bonds. The second-order valence-corrected chi connectivity index (χ2v) is 4.70. The largest absolute Gasteiger partial charge is 0.383 e. The molecule has 0 spiro atoms. The molecule has 2 rings (SSSR count). The van der Waals surface area contributed by atoms with Crippen LogP contribution in [0.2, 0.25) is 0 Å². The van der Waals surface area contributed by atoms with Crippen molar-refractivity contribution in [2.75, 3.05) is 27.4 Å². The van der Waals surface area contributed by atoms with Gasteiger partial charge in [0.05, 0.1) is 18.8 Å². The summed E-state index contributed by atoms with van der Waals surface area (Å²) in [5, 5.41) is 0. The fourth-order valence-electron chi connectivity index (χ4n) is 2.46. The first-order chi connectivity index (χ1) is 8.67. The van der Waals surface area contributed by atoms with Crippen molar-refractivity contribution in [1.82, 2.24) is 9.88 Å². The fraction of sp³-hybridized carbons (Fsp3) is 0.615. The number of rotatable bonds is 4. The number of nitrogens with one attached hydrogen (secondary N) is 1. The van der Waals surface area contributed by atoms with E-state index < -0.39 is 0 Å². The predicted molar refractivity (Wildman–Crippen MR) is 67.6 cm³/mol. The molecule has 0 aromatic carbocycles. The summed E-state index contributed by atoms with van der Waals surface area (Å²) in [6.45, 7) is 3.10. The highest BCUT2D eigenvalue weighted by atomic mass is 16.5. The monoisotopic (exact) mass is 252 g/mol. The highest BCUT2D eigenvalue weighted by Gasteiger charge is 2.36. The summed E-state index contributed by atoms with van der Waals surface area (Å²) < 4.78 is 10.5. The SMILES string of the molecule is COC[C@@H]1C[C@H](OC)CN1C(=O)c1[nH]ccc1C. The van der Waals surface area contributed by atoms with Crippen LogP contribution in [0.4, 0.5) is 0 Å². The van der Waals surface area contributed by atoms with Crippen molar-refractivity contribution < 1.29 is 14.3 Å². The fourth-order valence-corrected chi connectivity index (χ4v) is 2.46. The molecule has 5 heteroatoms. The number of methoxy groups -OCH3 is 2. The zero-order valence-electron chi connectivity index (χ0n) is 11.1. The molecule has 0 radical (unpaired) electrons. The standard InChI is InChI=1S/C13H20N2O3/c1-9-4-5-14-12(9)13(16)15-7-11(18-3)6-10(15)8-17-2/h4-5,10-11,14H,6-8H2,1-3H3/t10-,11-/m0/s1. The van der Waals surface area contributed by atoms with Crippen LogP contribution in [0.1, 0.15) is 22.5 Å². The normalized spacial score (nSPS) is 23.6. The van der Waals surface area contributed by atoms with Gasteiger partial charge in [0.25, 0.3) is 5.91 Å². The first-order valence-electron chi connectivity index (χ1n) is 6.14. The Labute approximate surface area is 107 Å². The van der Waals surface area contributed by atoms with Crippen LogP contribution in [0.25, 0.3) is 0 Å². The average molecular weight is 252 g/mol. The minimum atomic E-state index is 0.0269. The maximum Gasteiger partial charge on any atom is 0.270 e. The van der Waals surface area contributed by atoms with Gasteiger partial charge in [-0.15, -0.1) is 0 Å². The third kappa shape index (κ3) is 2.42. The molecule has 1 aliphatic heterocycles. The van der Waals surface area contributed by atoms with E-state index in [1.165, 1.54) is 0 Å². The number of aromatic nitrogens is 1. The number of ether oxygens (including phenoxy) is 2. The lowest BCUT2D eigenvalue weighted by Gasteiger charge is -2.23. The lowest BCUT2D eigenvalue weighted by atomic mass is 10.2. The van der Waals surface area contributed by atoms with Gasteiger partial charge < -0.3 is 19.4 Å². The number of hydrogen-bond acceptors (Lipinski definition) is 3. The van der Waals surface area contributed by atoms with Crippen LogP contribution >= 0.6 is 0 Å². The molecular weight excluding hydrogens is 232 g/mol. The summed E-state index contributed by atoms with van der Waals surface area (Å²) in [5.74, 6) is 0.0269. The molecule has 1 aliphatic rings. The molecule has 0 bridgehead atoms. The molecule has 0 saturated carbocycles. The van der Waals surface area contributed by atoms with Gasteiger partial charge in [0.15, 0.2) is 0 Å². The lowest BCUT2D eigenvalue weighted by Crippen LogP contribution is -2.38. The van der Waals surface area contributed by atoms with Crippen LogP contribution in [0.3, 0.4) is 0 Å². The summed E-state index contributed by atoms with van der Waals surface area (Å²) in [6.07, 6.45) is 2.72. The molecule has 0 aliphatic carbocycles. The number of carbonyl (C=O) groups excluding carboxylic acids is 1. The molecular formula is C13H20N2O3. The van der Waals surface area contributed by atoms with Crippen molar-refractivity contribution in [2.24, 2.45) is 0 Å². The molecule has 0 unspecified atom stereocenters. The second-order valence-electron chi connectivity index (χ2n) is 4.70. The molecule has 18 heavy (non-hydrogen) atoms. The van der Waals surface area contributed by atoms with Gasteiger partial charge in [0.1, 0.15) is 5.69 Å². The second kappa shape index (κ2) is 5.54. The van der Waals surface area contributed by atoms with Crippen LogP contribution < -0.4 is 0 Å². The Morgan fingerprint density at radius 1 is 1.56 bits per heavy atom. The van der Waals surface area contributed by atoms with Crippen molar-refractivity contribution in [3.63, 3.8) is 0 Å². The van der Waals surface area contributed by atoms with Crippen molar-refractivity contribution >= 4 is 5.91 Å². The molecule has 100 valence electrons. The summed E-state index contributed by atoms with van der Waals surface area (Å²) >= 11 is 0. The molecule has 1 saturated heterocycles. The van der Waals surface area contributed by atoms with Crippen LogP contribution in [0, 0.1) is 6.92 Å². The predicted octanol–water partition coefficient (Wildman–Crippen LogP) is 1.20. The third-order valence-corrected chi connectivity index (χ3v) is 3.50. The summed E-state index contributed by atoms with van der Waals surface area (Å²) in [5.41, 5.74) is 1.63. The lowest BCUT2D eigenvalue weighted by molar-refractivity contribution is 0.0606. The molecule has 1 aromatic rings. The number of aryl methyl sites for hydroxylation is 1. The molecule has 2 atom stereocenters. The van der Waals surface area contributed by atoms with Crippen molar-refractivity contribution in [2.45, 2.75) is 25.5 Å². The van der Waals surface area contributed by atoms with Crippen molar-refractivity contribution in [1.29, 1.82) is 0 Å². The van der Waals surface area contributed by atoms with Gasteiger partial charge in [-0.3, -0.25) is 4.79 Å². The van der Waals surface area contributed by atoms with Crippen LogP contribution in [0.5, 0.6) is 0 Å². The number of likely N-dealkylation sites (tertiary alicyclic amines) is 1. The van der Waals surface area contributed by atoms with E-state index in [2.05, 4.69) is 4.98 Å². The Hall–Kier alpha value is -1.33. The average Bonchev–Trinajstić information content (AvgIpc) is 2.95. The van der Waals surface area contributed by atoms with Gasteiger partial charge in [-0.2, -0.15) is 0 Å². The topological polar surface area (TPSA) is 54.6 Å². The van der Waals surface area contributed by atoms with E-state index in [1.54, 1.807) is 20.4 Å². The van der Waals surface area contributed by atoms with Crippen LogP contribution in [-0.4, -0.2) is 55.3 Å². The summed E-state index contributed by atoms with van der Waals surface area (Å²) in [7, 11) is 3.34. The maximum absolute atomic E-state index is 12.5. The van der Waals surface area contributed by atoms with Crippen LogP contribution in [0.15, 0.2) is 12.3 Å². The van der Waals surface area contributed by atoms with Gasteiger partial charge in [-0.05, 0) is 25.0 Å². The third-order valence-electron chi connectivity index (χ3n) is 3.50. The van der Waals surface area contributed by atoms with E-state index in [4.69, 9.17) is 9.47 Å². The van der Waals surface area contributed by atoms with Gasteiger partial charge in [0, 0.05) is 27.0 Å². The minimum absolute atomic E-state index is 0.0269. The van der Waals surface area contributed by atoms with Gasteiger partial charge >= 0.3 is 0 Å². The van der Waals surface area contributed by atoms with Gasteiger partial charge in [0.2, 0.25) is 0 Å². The zero-order chi connectivity index (χ0) is 13.1. The molecule has 2 heterocycles. The van der Waals surface area contributed by atoms with Crippen molar-refractivity contribution in [3.8, 4) is 0 Å². The Balaban J connectivity index is 2.15. The van der Waals surface area contributed by atoms with Crippen molar-refractivity contribution in [3.05, 3.63) is 23.5 Å². The van der Waals surface area contributed by atoms with Crippen LogP contribution in [-0.2, 0) is 9.47 Å². The Morgan fingerprint density at radius 3 is 2.89 bits per heavy atom. The van der Waals surface area contributed by atoms with Gasteiger partial charge in [-0.25, -0.2) is 0 Å². The van der Waals surface area contributed by atoms with Gasteiger partial charge in [-0.1, -0.05) is 0 Å². The highest BCUT2D eigenvalue weighted by Crippen LogP contribution is 2.23. The van der Waals surface area contributed by atoms with E-state index in [0.29, 0.717) is 18.8 Å². The molecule has 1 aromatic heterocycles. The summed E-state index contributed by atoms with van der Waals surface area (Å²) in [4.78, 5) is 17.3. The number of carbonyl (C=O) groups is 1.